The molecule has 2 aromatic rings. The predicted molar refractivity (Wildman–Crippen MR) is 109 cm³/mol. The van der Waals surface area contributed by atoms with Gasteiger partial charge in [-0.1, -0.05) is 35.0 Å². The topological polar surface area (TPSA) is 112 Å². The Morgan fingerprint density at radius 2 is 2.00 bits per heavy atom. The Bertz CT molecular complexity index is 1140. The van der Waals surface area contributed by atoms with Gasteiger partial charge in [-0.2, -0.15) is 0 Å². The third kappa shape index (κ3) is 4.40. The number of nitrogens with zero attached hydrogens (tertiary/aromatic N) is 4. The predicted octanol–water partition coefficient (Wildman–Crippen LogP) is 2.93. The molecule has 0 unspecified atom stereocenters. The van der Waals surface area contributed by atoms with Gasteiger partial charge in [0.1, 0.15) is 0 Å². The van der Waals surface area contributed by atoms with Gasteiger partial charge in [0.25, 0.3) is 0 Å². The van der Waals surface area contributed by atoms with Crippen molar-refractivity contribution in [3.63, 3.8) is 0 Å². The number of rotatable bonds is 6. The molecule has 8 nitrogen and oxygen atoms in total. The van der Waals surface area contributed by atoms with Gasteiger partial charge in [0, 0.05) is 28.8 Å². The van der Waals surface area contributed by atoms with Crippen molar-refractivity contribution in [2.24, 2.45) is 0 Å². The van der Waals surface area contributed by atoms with E-state index < -0.39 is 15.6 Å². The van der Waals surface area contributed by atoms with Crippen molar-refractivity contribution in [3.05, 3.63) is 38.9 Å². The maximum absolute atomic E-state index is 13.0. The van der Waals surface area contributed by atoms with Crippen LogP contribution in [0.3, 0.4) is 0 Å². The number of sulfone groups is 1. The van der Waals surface area contributed by atoms with E-state index in [4.69, 9.17) is 23.2 Å². The number of aromatic nitrogens is 4. The number of tetrazole rings is 1. The van der Waals surface area contributed by atoms with Gasteiger partial charge in [0.2, 0.25) is 5.16 Å². The molecule has 0 N–H and O–H groups in total. The number of hydrogen-bond acceptors (Lipinski definition) is 8. The molecule has 0 bridgehead atoms. The van der Waals surface area contributed by atoms with E-state index in [2.05, 4.69) is 15.5 Å². The SMILES string of the molecule is CSc1nnnn1Cc1c(S(C)(=O)=O)ccc(C(=O)C2=C(Cl)CCCC2=O)c1Cl. The van der Waals surface area contributed by atoms with Crippen molar-refractivity contribution in [3.8, 4) is 0 Å². The van der Waals surface area contributed by atoms with Gasteiger partial charge >= 0.3 is 0 Å². The zero-order valence-corrected chi connectivity index (χ0v) is 18.6. The molecule has 1 aromatic heterocycles. The summed E-state index contributed by atoms with van der Waals surface area (Å²) in [5, 5.41) is 11.8. The summed E-state index contributed by atoms with van der Waals surface area (Å²) in [6.07, 6.45) is 4.05. The van der Waals surface area contributed by atoms with Gasteiger partial charge in [0.15, 0.2) is 21.4 Å². The average Bonchev–Trinajstić information content (AvgIpc) is 3.09. The second-order valence-electron chi connectivity index (χ2n) is 6.38. The molecule has 0 saturated heterocycles. The highest BCUT2D eigenvalue weighted by molar-refractivity contribution is 7.98. The number of carbonyl (C=O) groups excluding carboxylic acids is 2. The third-order valence-electron chi connectivity index (χ3n) is 4.41. The average molecular weight is 475 g/mol. The fraction of sp³-hybridized carbons (Fsp3) is 0.353. The third-order valence-corrected chi connectivity index (χ3v) is 7.06. The van der Waals surface area contributed by atoms with E-state index in [-0.39, 0.29) is 50.4 Å². The summed E-state index contributed by atoms with van der Waals surface area (Å²) < 4.78 is 25.9. The maximum Gasteiger partial charge on any atom is 0.209 e. The van der Waals surface area contributed by atoms with Crippen LogP contribution in [0, 0.1) is 0 Å². The van der Waals surface area contributed by atoms with Crippen LogP contribution in [0.25, 0.3) is 0 Å². The number of Topliss-reactive ketones (excluding diaryl/α,β-unsaturated/α-hetero) is 2. The van der Waals surface area contributed by atoms with Crippen molar-refractivity contribution in [2.75, 3.05) is 12.5 Å². The lowest BCUT2D eigenvalue weighted by Crippen LogP contribution is -2.19. The first-order chi connectivity index (χ1) is 13.6. The van der Waals surface area contributed by atoms with Gasteiger partial charge < -0.3 is 0 Å². The van der Waals surface area contributed by atoms with Crippen molar-refractivity contribution in [1.82, 2.24) is 20.2 Å². The number of carbonyl (C=O) groups is 2. The lowest BCUT2D eigenvalue weighted by molar-refractivity contribution is -0.115. The molecule has 1 aromatic carbocycles. The van der Waals surface area contributed by atoms with Crippen LogP contribution in [0.15, 0.2) is 32.8 Å². The van der Waals surface area contributed by atoms with Crippen LogP contribution in [0.5, 0.6) is 0 Å². The minimum atomic E-state index is -3.66. The highest BCUT2D eigenvalue weighted by Crippen LogP contribution is 2.34. The number of ketones is 2. The molecule has 0 amide bonds. The smallest absolute Gasteiger partial charge is 0.209 e. The molecule has 0 spiro atoms. The summed E-state index contributed by atoms with van der Waals surface area (Å²) in [5.74, 6) is -0.964. The van der Waals surface area contributed by atoms with Gasteiger partial charge in [-0.15, -0.1) is 5.10 Å². The summed E-state index contributed by atoms with van der Waals surface area (Å²) in [6.45, 7) is -0.0632. The van der Waals surface area contributed by atoms with Gasteiger partial charge in [-0.25, -0.2) is 13.1 Å². The van der Waals surface area contributed by atoms with E-state index in [0.717, 1.165) is 6.26 Å². The fourth-order valence-electron chi connectivity index (χ4n) is 3.06. The quantitative estimate of drug-likeness (QED) is 0.356. The van der Waals surface area contributed by atoms with E-state index in [1.165, 1.54) is 28.6 Å². The Hall–Kier alpha value is -1.75. The van der Waals surface area contributed by atoms with Gasteiger partial charge in [-0.3, -0.25) is 9.59 Å². The zero-order chi connectivity index (χ0) is 21.3. The van der Waals surface area contributed by atoms with Crippen LogP contribution in [-0.4, -0.2) is 52.7 Å². The number of allylic oxidation sites excluding steroid dienone is 2. The molecular formula is C17H16Cl2N4O4S2. The molecule has 154 valence electrons. The van der Waals surface area contributed by atoms with Crippen LogP contribution < -0.4 is 0 Å². The van der Waals surface area contributed by atoms with Crippen LogP contribution in [0.4, 0.5) is 0 Å². The van der Waals surface area contributed by atoms with Crippen LogP contribution in [0.2, 0.25) is 5.02 Å². The Morgan fingerprint density at radius 3 is 2.62 bits per heavy atom. The summed E-state index contributed by atoms with van der Waals surface area (Å²) in [7, 11) is -3.66. The highest BCUT2D eigenvalue weighted by atomic mass is 35.5. The first-order valence-corrected chi connectivity index (χ1v) is 12.3. The van der Waals surface area contributed by atoms with E-state index >= 15 is 0 Å². The molecule has 0 atom stereocenters. The Morgan fingerprint density at radius 1 is 1.28 bits per heavy atom. The molecule has 1 aliphatic carbocycles. The summed E-state index contributed by atoms with van der Waals surface area (Å²) >= 11 is 13.9. The molecule has 0 radical (unpaired) electrons. The number of thioether (sulfide) groups is 1. The summed E-state index contributed by atoms with van der Waals surface area (Å²) in [4.78, 5) is 25.2. The zero-order valence-electron chi connectivity index (χ0n) is 15.5. The number of halogens is 2. The summed E-state index contributed by atoms with van der Waals surface area (Å²) in [5.41, 5.74) is 0.0870. The molecule has 0 saturated carbocycles. The standard InChI is InChI=1S/C17H16Cl2N4O4S2/c1-28-17-20-21-22-23(17)8-10-13(29(2,26)27)7-6-9(15(10)19)16(25)14-11(18)4-3-5-12(14)24/h6-7H,3-5,8H2,1-2H3. The maximum atomic E-state index is 13.0. The normalized spacial score (nSPS) is 15.1. The molecule has 1 heterocycles. The molecule has 29 heavy (non-hydrogen) atoms. The lowest BCUT2D eigenvalue weighted by atomic mass is 9.91. The fourth-order valence-corrected chi connectivity index (χ4v) is 5.11. The van der Waals surface area contributed by atoms with Crippen molar-refractivity contribution < 1.29 is 18.0 Å². The summed E-state index contributed by atoms with van der Waals surface area (Å²) in [6, 6.07) is 2.60. The molecular weight excluding hydrogens is 459 g/mol. The highest BCUT2D eigenvalue weighted by Gasteiger charge is 2.30. The molecule has 0 fully saturated rings. The molecule has 12 heteroatoms. The Kier molecular flexibility index (Phi) is 6.47. The minimum absolute atomic E-state index is 0.0104. The van der Waals surface area contributed by atoms with E-state index in [0.29, 0.717) is 18.0 Å². The van der Waals surface area contributed by atoms with E-state index in [1.807, 2.05) is 0 Å². The molecule has 3 rings (SSSR count). The van der Waals surface area contributed by atoms with Crippen molar-refractivity contribution in [1.29, 1.82) is 0 Å². The van der Waals surface area contributed by atoms with Crippen molar-refractivity contribution >= 4 is 56.4 Å². The second-order valence-corrected chi connectivity index (χ2v) is 9.98. The van der Waals surface area contributed by atoms with E-state index in [1.54, 1.807) is 6.26 Å². The molecule has 0 aliphatic heterocycles. The Labute approximate surface area is 181 Å². The number of benzene rings is 1. The van der Waals surface area contributed by atoms with E-state index in [9.17, 15) is 18.0 Å². The Balaban J connectivity index is 2.16. The van der Waals surface area contributed by atoms with Gasteiger partial charge in [0.05, 0.1) is 22.0 Å². The van der Waals surface area contributed by atoms with Gasteiger partial charge in [-0.05, 0) is 41.7 Å². The first kappa shape index (κ1) is 21.9. The second kappa shape index (κ2) is 8.55. The largest absolute Gasteiger partial charge is 0.294 e. The van der Waals surface area contributed by atoms with Crippen LogP contribution >= 0.6 is 35.0 Å². The van der Waals surface area contributed by atoms with Crippen molar-refractivity contribution in [2.45, 2.75) is 35.9 Å². The monoisotopic (exact) mass is 474 g/mol. The van der Waals surface area contributed by atoms with Crippen LogP contribution in [-0.2, 0) is 21.2 Å². The number of hydrogen-bond donors (Lipinski definition) is 0. The molecule has 1 aliphatic rings. The minimum Gasteiger partial charge on any atom is -0.294 e. The first-order valence-electron chi connectivity index (χ1n) is 8.43. The lowest BCUT2D eigenvalue weighted by Gasteiger charge is -2.17. The van der Waals surface area contributed by atoms with Crippen LogP contribution in [0.1, 0.15) is 35.2 Å².